The molecule has 0 aliphatic carbocycles. The maximum absolute atomic E-state index is 13.6. The predicted molar refractivity (Wildman–Crippen MR) is 65.1 cm³/mol. The Hall–Kier alpha value is -2.57. The van der Waals surface area contributed by atoms with Gasteiger partial charge in [0.1, 0.15) is 0 Å². The Balaban J connectivity index is 2.29. The first-order valence-electron chi connectivity index (χ1n) is 5.48. The molecule has 2 aromatic rings. The zero-order valence-corrected chi connectivity index (χ0v) is 10.3. The molecule has 1 aromatic carbocycles. The standard InChI is InChI=1S/C13H9F3N2O2/c1-20-9-5-4-8(10(14)11(9)15)18-13(19)7-3-2-6-17-12(7)16/h2-6H,1H3,(H,18,19). The first kappa shape index (κ1) is 13.9. The highest BCUT2D eigenvalue weighted by atomic mass is 19.2. The van der Waals surface area contributed by atoms with Crippen LogP contribution in [0.5, 0.6) is 5.75 Å². The Morgan fingerprint density at radius 3 is 2.60 bits per heavy atom. The molecule has 0 saturated carbocycles. The second kappa shape index (κ2) is 5.60. The number of methoxy groups -OCH3 is 1. The molecule has 104 valence electrons. The quantitative estimate of drug-likeness (QED) is 0.881. The van der Waals surface area contributed by atoms with E-state index in [0.717, 1.165) is 12.1 Å². The normalized spacial score (nSPS) is 10.2. The third-order valence-corrected chi connectivity index (χ3v) is 2.52. The largest absolute Gasteiger partial charge is 0.494 e. The van der Waals surface area contributed by atoms with Gasteiger partial charge in [-0.25, -0.2) is 9.37 Å². The van der Waals surface area contributed by atoms with Crippen molar-refractivity contribution in [1.82, 2.24) is 4.98 Å². The number of hydrogen-bond acceptors (Lipinski definition) is 3. The molecule has 1 heterocycles. The van der Waals surface area contributed by atoms with E-state index in [4.69, 9.17) is 0 Å². The molecule has 2 rings (SSSR count). The monoisotopic (exact) mass is 282 g/mol. The molecule has 0 aliphatic rings. The van der Waals surface area contributed by atoms with Crippen LogP contribution in [0.4, 0.5) is 18.9 Å². The van der Waals surface area contributed by atoms with Crippen LogP contribution in [-0.4, -0.2) is 18.0 Å². The average Bonchev–Trinajstić information content (AvgIpc) is 2.44. The molecule has 4 nitrogen and oxygen atoms in total. The number of aromatic nitrogens is 1. The lowest BCUT2D eigenvalue weighted by Gasteiger charge is -2.09. The molecule has 1 amide bonds. The van der Waals surface area contributed by atoms with Crippen LogP contribution in [0, 0.1) is 17.6 Å². The minimum Gasteiger partial charge on any atom is -0.494 e. The van der Waals surface area contributed by atoms with Crippen molar-refractivity contribution in [2.24, 2.45) is 0 Å². The van der Waals surface area contributed by atoms with Gasteiger partial charge in [0.25, 0.3) is 5.91 Å². The SMILES string of the molecule is COc1ccc(NC(=O)c2cccnc2F)c(F)c1F. The predicted octanol–water partition coefficient (Wildman–Crippen LogP) is 2.76. The lowest BCUT2D eigenvalue weighted by atomic mass is 10.2. The third kappa shape index (κ3) is 2.56. The van der Waals surface area contributed by atoms with Crippen molar-refractivity contribution in [1.29, 1.82) is 0 Å². The Bertz CT molecular complexity index is 662. The van der Waals surface area contributed by atoms with Gasteiger partial charge in [0.15, 0.2) is 11.6 Å². The van der Waals surface area contributed by atoms with Gasteiger partial charge in [-0.3, -0.25) is 4.79 Å². The molecule has 0 fully saturated rings. The molecule has 0 aliphatic heterocycles. The molecule has 1 aromatic heterocycles. The van der Waals surface area contributed by atoms with E-state index < -0.39 is 29.2 Å². The van der Waals surface area contributed by atoms with Gasteiger partial charge in [0.2, 0.25) is 11.8 Å². The molecule has 0 spiro atoms. The van der Waals surface area contributed by atoms with E-state index in [1.54, 1.807) is 0 Å². The fraction of sp³-hybridized carbons (Fsp3) is 0.0769. The zero-order chi connectivity index (χ0) is 14.7. The van der Waals surface area contributed by atoms with Crippen LogP contribution in [0.2, 0.25) is 0 Å². The number of nitrogens with one attached hydrogen (secondary N) is 1. The van der Waals surface area contributed by atoms with Crippen molar-refractivity contribution in [3.63, 3.8) is 0 Å². The first-order valence-corrected chi connectivity index (χ1v) is 5.48. The number of amides is 1. The number of anilines is 1. The van der Waals surface area contributed by atoms with E-state index >= 15 is 0 Å². The summed E-state index contributed by atoms with van der Waals surface area (Å²) in [6, 6.07) is 4.79. The molecule has 0 atom stereocenters. The highest BCUT2D eigenvalue weighted by molar-refractivity contribution is 6.04. The van der Waals surface area contributed by atoms with Crippen LogP contribution in [0.1, 0.15) is 10.4 Å². The van der Waals surface area contributed by atoms with Gasteiger partial charge >= 0.3 is 0 Å². The second-order valence-corrected chi connectivity index (χ2v) is 3.74. The van der Waals surface area contributed by atoms with E-state index in [1.807, 2.05) is 0 Å². The van der Waals surface area contributed by atoms with Crippen molar-refractivity contribution in [3.05, 3.63) is 53.6 Å². The Morgan fingerprint density at radius 2 is 1.95 bits per heavy atom. The van der Waals surface area contributed by atoms with Crippen molar-refractivity contribution in [2.45, 2.75) is 0 Å². The molecule has 0 unspecified atom stereocenters. The number of rotatable bonds is 3. The zero-order valence-electron chi connectivity index (χ0n) is 10.3. The molecule has 0 bridgehead atoms. The molecular formula is C13H9F3N2O2. The molecule has 1 N–H and O–H groups in total. The lowest BCUT2D eigenvalue weighted by molar-refractivity contribution is 0.102. The van der Waals surface area contributed by atoms with Crippen LogP contribution in [0.15, 0.2) is 30.5 Å². The van der Waals surface area contributed by atoms with Crippen LogP contribution in [0.25, 0.3) is 0 Å². The van der Waals surface area contributed by atoms with Gasteiger partial charge in [0.05, 0.1) is 18.4 Å². The highest BCUT2D eigenvalue weighted by Gasteiger charge is 2.18. The summed E-state index contributed by atoms with van der Waals surface area (Å²) in [6.07, 6.45) is 1.17. The number of hydrogen-bond donors (Lipinski definition) is 1. The average molecular weight is 282 g/mol. The molecule has 0 saturated heterocycles. The molecule has 20 heavy (non-hydrogen) atoms. The van der Waals surface area contributed by atoms with Gasteiger partial charge in [0, 0.05) is 6.20 Å². The summed E-state index contributed by atoms with van der Waals surface area (Å²) in [4.78, 5) is 15.0. The lowest BCUT2D eigenvalue weighted by Crippen LogP contribution is -2.15. The Labute approximate surface area is 112 Å². The van der Waals surface area contributed by atoms with Crippen LogP contribution < -0.4 is 10.1 Å². The summed E-state index contributed by atoms with van der Waals surface area (Å²) in [7, 11) is 1.18. The summed E-state index contributed by atoms with van der Waals surface area (Å²) >= 11 is 0. The summed E-state index contributed by atoms with van der Waals surface area (Å²) < 4.78 is 45.0. The van der Waals surface area contributed by atoms with E-state index in [-0.39, 0.29) is 11.3 Å². The van der Waals surface area contributed by atoms with Crippen molar-refractivity contribution in [2.75, 3.05) is 12.4 Å². The van der Waals surface area contributed by atoms with E-state index in [1.165, 1.54) is 25.4 Å². The number of carbonyl (C=O) groups excluding carboxylic acids is 1. The number of pyridine rings is 1. The van der Waals surface area contributed by atoms with Gasteiger partial charge in [-0.2, -0.15) is 8.78 Å². The Morgan fingerprint density at radius 1 is 1.20 bits per heavy atom. The first-order chi connectivity index (χ1) is 9.54. The number of carbonyl (C=O) groups is 1. The maximum Gasteiger partial charge on any atom is 0.260 e. The minimum atomic E-state index is -1.29. The van der Waals surface area contributed by atoms with E-state index in [2.05, 4.69) is 15.0 Å². The number of nitrogens with zero attached hydrogens (tertiary/aromatic N) is 1. The fourth-order valence-corrected chi connectivity index (χ4v) is 1.53. The molecule has 7 heteroatoms. The van der Waals surface area contributed by atoms with Crippen LogP contribution in [-0.2, 0) is 0 Å². The third-order valence-electron chi connectivity index (χ3n) is 2.52. The van der Waals surface area contributed by atoms with Crippen molar-refractivity contribution >= 4 is 11.6 Å². The summed E-state index contributed by atoms with van der Waals surface area (Å²) in [5.74, 6) is -4.76. The van der Waals surface area contributed by atoms with Gasteiger partial charge in [-0.1, -0.05) is 0 Å². The highest BCUT2D eigenvalue weighted by Crippen LogP contribution is 2.26. The maximum atomic E-state index is 13.6. The number of halogens is 3. The van der Waals surface area contributed by atoms with Gasteiger partial charge in [-0.05, 0) is 24.3 Å². The number of benzene rings is 1. The Kier molecular flexibility index (Phi) is 3.88. The van der Waals surface area contributed by atoms with Gasteiger partial charge < -0.3 is 10.1 Å². The van der Waals surface area contributed by atoms with Crippen molar-refractivity contribution < 1.29 is 22.7 Å². The minimum absolute atomic E-state index is 0.298. The van der Waals surface area contributed by atoms with Crippen LogP contribution in [0.3, 0.4) is 0 Å². The van der Waals surface area contributed by atoms with E-state index in [9.17, 15) is 18.0 Å². The topological polar surface area (TPSA) is 51.2 Å². The molecule has 0 radical (unpaired) electrons. The summed E-state index contributed by atoms with van der Waals surface area (Å²) in [6.45, 7) is 0. The summed E-state index contributed by atoms with van der Waals surface area (Å²) in [5.41, 5.74) is -0.792. The van der Waals surface area contributed by atoms with E-state index in [0.29, 0.717) is 0 Å². The smallest absolute Gasteiger partial charge is 0.260 e. The second-order valence-electron chi connectivity index (χ2n) is 3.74. The summed E-state index contributed by atoms with van der Waals surface area (Å²) in [5, 5.41) is 2.07. The number of ether oxygens (including phenoxy) is 1. The molecular weight excluding hydrogens is 273 g/mol. The van der Waals surface area contributed by atoms with Crippen LogP contribution >= 0.6 is 0 Å². The van der Waals surface area contributed by atoms with Crippen molar-refractivity contribution in [3.8, 4) is 5.75 Å². The van der Waals surface area contributed by atoms with Gasteiger partial charge in [-0.15, -0.1) is 0 Å². The fourth-order valence-electron chi connectivity index (χ4n) is 1.53.